The van der Waals surface area contributed by atoms with E-state index in [0.717, 1.165) is 0 Å². The van der Waals surface area contributed by atoms with E-state index in [9.17, 15) is 24.1 Å². The Labute approximate surface area is 102 Å². The van der Waals surface area contributed by atoms with Gasteiger partial charge in [0.1, 0.15) is 0 Å². The Bertz CT molecular complexity index is 476. The van der Waals surface area contributed by atoms with E-state index in [1.165, 1.54) is 31.2 Å². The second-order valence-electron chi connectivity index (χ2n) is 3.29. The summed E-state index contributed by atoms with van der Waals surface area (Å²) in [7, 11) is 0. The molecular weight excluding hydrogens is 245 g/mol. The fraction of sp³-hybridized carbons (Fsp3) is 0.273. The first kappa shape index (κ1) is 13.8. The van der Waals surface area contributed by atoms with Gasteiger partial charge in [0.25, 0.3) is 5.78 Å². The van der Waals surface area contributed by atoms with Crippen LogP contribution in [0.5, 0.6) is 0 Å². The van der Waals surface area contributed by atoms with Crippen LogP contribution in [-0.4, -0.2) is 29.1 Å². The molecule has 0 N–H and O–H groups in total. The Hall–Kier alpha value is -2.31. The van der Waals surface area contributed by atoms with Gasteiger partial charge in [0, 0.05) is 5.56 Å². The second kappa shape index (κ2) is 5.35. The third-order valence-electron chi connectivity index (χ3n) is 2.13. The first-order valence-corrected chi connectivity index (χ1v) is 5.05. The number of Topliss-reactive ketones (excluding diaryl/α,β-unsaturated/α-hetero) is 1. The van der Waals surface area contributed by atoms with Gasteiger partial charge in [0.15, 0.2) is 0 Å². The topological polar surface area (TPSA) is 86.5 Å². The van der Waals surface area contributed by atoms with E-state index in [0.29, 0.717) is 0 Å². The number of esters is 1. The number of carbonyl (C=O) groups excluding carboxylic acids is 2. The molecule has 0 saturated heterocycles. The minimum absolute atomic E-state index is 0.263. The molecule has 0 saturated carbocycles. The van der Waals surface area contributed by atoms with E-state index in [4.69, 9.17) is 0 Å². The summed E-state index contributed by atoms with van der Waals surface area (Å²) in [6, 6.07) is 6.71. The number of halogens is 1. The van der Waals surface area contributed by atoms with Crippen molar-refractivity contribution in [1.82, 2.24) is 0 Å². The number of rotatable bonds is 5. The van der Waals surface area contributed by atoms with Crippen molar-refractivity contribution in [2.24, 2.45) is 0 Å². The molecule has 18 heavy (non-hydrogen) atoms. The number of carbonyl (C=O) groups is 2. The Morgan fingerprint density at radius 2 is 1.94 bits per heavy atom. The standard InChI is InChI=1S/C11H10FNO5/c1-2-18-10(15)11(12,13(16)17)9(14)8-6-4-3-5-7-8/h3-7H,2H2,1H3. The summed E-state index contributed by atoms with van der Waals surface area (Å²) in [5.74, 6) is -7.27. The first-order valence-electron chi connectivity index (χ1n) is 5.05. The average Bonchev–Trinajstić information content (AvgIpc) is 2.37. The molecule has 1 aromatic carbocycles. The van der Waals surface area contributed by atoms with Gasteiger partial charge >= 0.3 is 11.8 Å². The predicted octanol–water partition coefficient (Wildman–Crippen LogP) is 1.37. The van der Waals surface area contributed by atoms with Crippen molar-refractivity contribution >= 4 is 11.8 Å². The molecule has 7 heteroatoms. The third-order valence-corrected chi connectivity index (χ3v) is 2.13. The highest BCUT2D eigenvalue weighted by molar-refractivity contribution is 6.13. The maximum Gasteiger partial charge on any atom is 0.518 e. The Kier molecular flexibility index (Phi) is 4.09. The predicted molar refractivity (Wildman–Crippen MR) is 58.2 cm³/mol. The van der Waals surface area contributed by atoms with Gasteiger partial charge in [-0.1, -0.05) is 30.3 Å². The lowest BCUT2D eigenvalue weighted by Gasteiger charge is -2.13. The molecule has 6 nitrogen and oxygen atoms in total. The molecule has 1 atom stereocenters. The van der Waals surface area contributed by atoms with Crippen LogP contribution < -0.4 is 0 Å². The summed E-state index contributed by atoms with van der Waals surface area (Å²) in [4.78, 5) is 32.0. The van der Waals surface area contributed by atoms with Gasteiger partial charge in [0.2, 0.25) is 0 Å². The largest absolute Gasteiger partial charge is 0.518 e. The van der Waals surface area contributed by atoms with E-state index >= 15 is 0 Å². The normalized spacial score (nSPS) is 13.4. The zero-order valence-corrected chi connectivity index (χ0v) is 9.46. The van der Waals surface area contributed by atoms with Crippen molar-refractivity contribution in [3.63, 3.8) is 0 Å². The number of ketones is 1. The minimum Gasteiger partial charge on any atom is -0.458 e. The lowest BCUT2D eigenvalue weighted by Crippen LogP contribution is -2.50. The summed E-state index contributed by atoms with van der Waals surface area (Å²) < 4.78 is 18.3. The van der Waals surface area contributed by atoms with E-state index in [2.05, 4.69) is 4.74 Å². The molecule has 0 aliphatic rings. The van der Waals surface area contributed by atoms with E-state index < -0.39 is 22.5 Å². The summed E-state index contributed by atoms with van der Waals surface area (Å²) in [6.45, 7) is 1.09. The van der Waals surface area contributed by atoms with Gasteiger partial charge in [-0.3, -0.25) is 14.9 Å². The molecule has 0 bridgehead atoms. The van der Waals surface area contributed by atoms with Crippen LogP contribution in [0, 0.1) is 10.1 Å². The van der Waals surface area contributed by atoms with Crippen molar-refractivity contribution in [2.75, 3.05) is 6.61 Å². The van der Waals surface area contributed by atoms with Crippen molar-refractivity contribution in [3.8, 4) is 0 Å². The molecule has 0 aliphatic heterocycles. The van der Waals surface area contributed by atoms with Crippen LogP contribution in [-0.2, 0) is 9.53 Å². The number of hydrogen-bond acceptors (Lipinski definition) is 5. The quantitative estimate of drug-likeness (QED) is 0.198. The molecule has 0 amide bonds. The van der Waals surface area contributed by atoms with Crippen molar-refractivity contribution in [1.29, 1.82) is 0 Å². The maximum atomic E-state index is 14.1. The van der Waals surface area contributed by atoms with E-state index in [1.807, 2.05) is 0 Å². The fourth-order valence-electron chi connectivity index (χ4n) is 1.26. The summed E-state index contributed by atoms with van der Waals surface area (Å²) >= 11 is 0. The van der Waals surface area contributed by atoms with Crippen LogP contribution in [0.15, 0.2) is 30.3 Å². The number of hydrogen-bond donors (Lipinski definition) is 0. The third kappa shape index (κ3) is 2.34. The van der Waals surface area contributed by atoms with Gasteiger partial charge in [-0.05, 0) is 6.92 Å². The Morgan fingerprint density at radius 1 is 1.39 bits per heavy atom. The average molecular weight is 255 g/mol. The smallest absolute Gasteiger partial charge is 0.458 e. The highest BCUT2D eigenvalue weighted by Crippen LogP contribution is 2.21. The minimum atomic E-state index is -3.91. The molecule has 1 aromatic rings. The molecule has 0 fully saturated rings. The fourth-order valence-corrected chi connectivity index (χ4v) is 1.26. The molecule has 96 valence electrons. The van der Waals surface area contributed by atoms with Crippen LogP contribution in [0.4, 0.5) is 4.39 Å². The van der Waals surface area contributed by atoms with Gasteiger partial charge in [-0.15, -0.1) is 4.39 Å². The molecule has 1 rings (SSSR count). The molecule has 0 spiro atoms. The van der Waals surface area contributed by atoms with Crippen LogP contribution in [0.2, 0.25) is 0 Å². The molecule has 1 unspecified atom stereocenters. The van der Waals surface area contributed by atoms with E-state index in [-0.39, 0.29) is 12.2 Å². The number of nitro groups is 1. The highest BCUT2D eigenvalue weighted by Gasteiger charge is 2.61. The number of nitrogens with zero attached hydrogens (tertiary/aromatic N) is 1. The zero-order valence-electron chi connectivity index (χ0n) is 9.46. The summed E-state index contributed by atoms with van der Waals surface area (Å²) in [5, 5.41) is 10.7. The van der Waals surface area contributed by atoms with Crippen molar-refractivity contribution < 1.29 is 23.6 Å². The molecule has 0 heterocycles. The van der Waals surface area contributed by atoms with Crippen molar-refractivity contribution in [3.05, 3.63) is 46.0 Å². The van der Waals surface area contributed by atoms with Crippen LogP contribution in [0.25, 0.3) is 0 Å². The summed E-state index contributed by atoms with van der Waals surface area (Å²) in [5.41, 5.74) is -0.273. The SMILES string of the molecule is CCOC(=O)C(F)(C(=O)c1ccccc1)[N+](=O)[O-]. The summed E-state index contributed by atoms with van der Waals surface area (Å²) in [6.07, 6.45) is 0. The van der Waals surface area contributed by atoms with Gasteiger partial charge < -0.3 is 4.74 Å². The monoisotopic (exact) mass is 255 g/mol. The number of ether oxygens (including phenoxy) is 1. The Balaban J connectivity index is 3.17. The lowest BCUT2D eigenvalue weighted by atomic mass is 10.0. The molecule has 0 radical (unpaired) electrons. The van der Waals surface area contributed by atoms with Gasteiger partial charge in [0.05, 0.1) is 11.5 Å². The second-order valence-corrected chi connectivity index (χ2v) is 3.29. The molecule has 0 aliphatic carbocycles. The Morgan fingerprint density at radius 3 is 2.39 bits per heavy atom. The molecular formula is C11H10FNO5. The van der Waals surface area contributed by atoms with E-state index in [1.54, 1.807) is 6.07 Å². The molecule has 0 aromatic heterocycles. The highest BCUT2D eigenvalue weighted by atomic mass is 19.1. The zero-order chi connectivity index (χ0) is 13.8. The van der Waals surface area contributed by atoms with Crippen LogP contribution in [0.3, 0.4) is 0 Å². The van der Waals surface area contributed by atoms with Crippen molar-refractivity contribution in [2.45, 2.75) is 12.7 Å². The van der Waals surface area contributed by atoms with Crippen LogP contribution >= 0.6 is 0 Å². The lowest BCUT2D eigenvalue weighted by molar-refractivity contribution is -0.568. The number of benzene rings is 1. The number of alkyl halides is 1. The van der Waals surface area contributed by atoms with Gasteiger partial charge in [-0.25, -0.2) is 4.79 Å². The maximum absolute atomic E-state index is 14.1. The van der Waals surface area contributed by atoms with Crippen LogP contribution in [0.1, 0.15) is 17.3 Å². The first-order chi connectivity index (χ1) is 8.44. The van der Waals surface area contributed by atoms with Gasteiger partial charge in [-0.2, -0.15) is 0 Å².